The number of hydrogen-bond acceptors (Lipinski definition) is 3. The lowest BCUT2D eigenvalue weighted by Crippen LogP contribution is -2.20. The lowest BCUT2D eigenvalue weighted by Gasteiger charge is -2.19. The normalized spacial score (nSPS) is 16.0. The molecule has 1 aliphatic carbocycles. The van der Waals surface area contributed by atoms with Gasteiger partial charge >= 0.3 is 5.97 Å². The molecular weight excluding hydrogens is 268 g/mol. The average Bonchev–Trinajstić information content (AvgIpc) is 2.68. The third-order valence-electron chi connectivity index (χ3n) is 3.79. The van der Waals surface area contributed by atoms with Crippen molar-refractivity contribution in [1.29, 1.82) is 0 Å². The summed E-state index contributed by atoms with van der Waals surface area (Å²) in [5.74, 6) is -1.20. The molecule has 0 radical (unpaired) electrons. The molecule has 1 aromatic carbocycles. The lowest BCUT2D eigenvalue weighted by atomic mass is 10.1. The van der Waals surface area contributed by atoms with Crippen molar-refractivity contribution in [2.75, 3.05) is 10.6 Å². The van der Waals surface area contributed by atoms with E-state index < -0.39 is 5.97 Å². The number of amides is 1. The summed E-state index contributed by atoms with van der Waals surface area (Å²) >= 11 is 0. The zero-order chi connectivity index (χ0) is 15.2. The molecule has 114 valence electrons. The van der Waals surface area contributed by atoms with E-state index in [-0.39, 0.29) is 11.5 Å². The number of carbonyl (C=O) groups is 2. The van der Waals surface area contributed by atoms with E-state index in [1.54, 1.807) is 12.1 Å². The largest absolute Gasteiger partial charge is 0.478 e. The first-order valence-electron chi connectivity index (χ1n) is 7.48. The second kappa shape index (κ2) is 7.11. The highest BCUT2D eigenvalue weighted by Crippen LogP contribution is 2.25. The summed E-state index contributed by atoms with van der Waals surface area (Å²) in [4.78, 5) is 22.5. The van der Waals surface area contributed by atoms with Crippen LogP contribution in [0.3, 0.4) is 0 Å². The highest BCUT2D eigenvalue weighted by atomic mass is 16.4. The fraction of sp³-hybridized carbons (Fsp3) is 0.500. The Morgan fingerprint density at radius 2 is 1.81 bits per heavy atom. The molecular formula is C16H22N2O3. The van der Waals surface area contributed by atoms with Crippen molar-refractivity contribution >= 4 is 23.3 Å². The maximum Gasteiger partial charge on any atom is 0.337 e. The highest BCUT2D eigenvalue weighted by molar-refractivity contribution is 5.97. The van der Waals surface area contributed by atoms with Crippen LogP contribution in [0, 0.1) is 0 Å². The van der Waals surface area contributed by atoms with Gasteiger partial charge in [-0.15, -0.1) is 0 Å². The summed E-state index contributed by atoms with van der Waals surface area (Å²) in [6.45, 7) is 1.40. The summed E-state index contributed by atoms with van der Waals surface area (Å²) in [6, 6.07) is 5.30. The minimum Gasteiger partial charge on any atom is -0.478 e. The van der Waals surface area contributed by atoms with E-state index in [1.165, 1.54) is 38.7 Å². The Kier molecular flexibility index (Phi) is 5.20. The van der Waals surface area contributed by atoms with Crippen LogP contribution >= 0.6 is 0 Å². The molecule has 2 rings (SSSR count). The van der Waals surface area contributed by atoms with Crippen LogP contribution in [0.2, 0.25) is 0 Å². The van der Waals surface area contributed by atoms with Gasteiger partial charge in [-0.25, -0.2) is 4.79 Å². The molecule has 1 fully saturated rings. The standard InChI is InChI=1S/C16H22N2O3/c1-11(19)17-13-8-9-15(14(10-13)16(20)21)18-12-6-4-2-3-5-7-12/h8-10,12,18H,2-7H2,1H3,(H,17,19)(H,20,21). The molecule has 0 bridgehead atoms. The third-order valence-corrected chi connectivity index (χ3v) is 3.79. The van der Waals surface area contributed by atoms with Crippen molar-refractivity contribution in [1.82, 2.24) is 0 Å². The summed E-state index contributed by atoms with van der Waals surface area (Å²) in [6.07, 6.45) is 7.03. The van der Waals surface area contributed by atoms with Crippen LogP contribution in [0.1, 0.15) is 55.8 Å². The van der Waals surface area contributed by atoms with Crippen molar-refractivity contribution in [3.8, 4) is 0 Å². The second-order valence-electron chi connectivity index (χ2n) is 5.58. The smallest absolute Gasteiger partial charge is 0.337 e. The molecule has 0 saturated heterocycles. The van der Waals surface area contributed by atoms with E-state index in [2.05, 4.69) is 10.6 Å². The maximum absolute atomic E-state index is 11.4. The Morgan fingerprint density at radius 1 is 1.14 bits per heavy atom. The summed E-state index contributed by atoms with van der Waals surface area (Å²) < 4.78 is 0. The molecule has 0 aromatic heterocycles. The zero-order valence-corrected chi connectivity index (χ0v) is 12.3. The topological polar surface area (TPSA) is 78.4 Å². The molecule has 21 heavy (non-hydrogen) atoms. The first-order chi connectivity index (χ1) is 10.1. The fourth-order valence-electron chi connectivity index (χ4n) is 2.77. The number of nitrogens with one attached hydrogen (secondary N) is 2. The van der Waals surface area contributed by atoms with Crippen molar-refractivity contribution in [2.24, 2.45) is 0 Å². The number of carbonyl (C=O) groups excluding carboxylic acids is 1. The van der Waals surface area contributed by atoms with Crippen LogP contribution in [-0.4, -0.2) is 23.0 Å². The molecule has 3 N–H and O–H groups in total. The van der Waals surface area contributed by atoms with Crippen molar-refractivity contribution < 1.29 is 14.7 Å². The number of benzene rings is 1. The minimum absolute atomic E-state index is 0.200. The Labute approximate surface area is 124 Å². The zero-order valence-electron chi connectivity index (χ0n) is 12.3. The molecule has 0 aliphatic heterocycles. The third kappa shape index (κ3) is 4.48. The first-order valence-corrected chi connectivity index (χ1v) is 7.48. The number of anilines is 2. The Morgan fingerprint density at radius 3 is 2.38 bits per heavy atom. The van der Waals surface area contributed by atoms with Gasteiger partial charge in [0.1, 0.15) is 0 Å². The molecule has 1 saturated carbocycles. The van der Waals surface area contributed by atoms with E-state index >= 15 is 0 Å². The number of aromatic carboxylic acids is 1. The van der Waals surface area contributed by atoms with Gasteiger partial charge < -0.3 is 15.7 Å². The van der Waals surface area contributed by atoms with Crippen LogP contribution in [0.5, 0.6) is 0 Å². The van der Waals surface area contributed by atoms with Crippen LogP contribution in [0.4, 0.5) is 11.4 Å². The molecule has 0 atom stereocenters. The van der Waals surface area contributed by atoms with Crippen molar-refractivity contribution in [2.45, 2.75) is 51.5 Å². The lowest BCUT2D eigenvalue weighted by molar-refractivity contribution is -0.114. The quantitative estimate of drug-likeness (QED) is 0.742. The van der Waals surface area contributed by atoms with Crippen LogP contribution in [-0.2, 0) is 4.79 Å². The maximum atomic E-state index is 11.4. The SMILES string of the molecule is CC(=O)Nc1ccc(NC2CCCCCC2)c(C(=O)O)c1. The van der Waals surface area contributed by atoms with Gasteiger partial charge in [0.25, 0.3) is 0 Å². The van der Waals surface area contributed by atoms with Gasteiger partial charge in [-0.2, -0.15) is 0 Å². The summed E-state index contributed by atoms with van der Waals surface area (Å²) in [5.41, 5.74) is 1.33. The van der Waals surface area contributed by atoms with Crippen LogP contribution < -0.4 is 10.6 Å². The Bertz CT molecular complexity index is 520. The summed E-state index contributed by atoms with van der Waals surface area (Å²) in [5, 5.41) is 15.3. The van der Waals surface area contributed by atoms with Gasteiger partial charge in [-0.05, 0) is 31.0 Å². The minimum atomic E-state index is -0.988. The van der Waals surface area contributed by atoms with Gasteiger partial charge in [0.2, 0.25) is 5.91 Å². The monoisotopic (exact) mass is 290 g/mol. The highest BCUT2D eigenvalue weighted by Gasteiger charge is 2.16. The van der Waals surface area contributed by atoms with Gasteiger partial charge in [-0.3, -0.25) is 4.79 Å². The van der Waals surface area contributed by atoms with Crippen molar-refractivity contribution in [3.05, 3.63) is 23.8 Å². The van der Waals surface area contributed by atoms with Crippen molar-refractivity contribution in [3.63, 3.8) is 0 Å². The van der Waals surface area contributed by atoms with Crippen LogP contribution in [0.15, 0.2) is 18.2 Å². The molecule has 5 nitrogen and oxygen atoms in total. The van der Waals surface area contributed by atoms with E-state index in [4.69, 9.17) is 0 Å². The summed E-state index contributed by atoms with van der Waals surface area (Å²) in [7, 11) is 0. The number of rotatable bonds is 4. The van der Waals surface area contributed by atoms with Gasteiger partial charge in [-0.1, -0.05) is 25.7 Å². The van der Waals surface area contributed by atoms with E-state index in [9.17, 15) is 14.7 Å². The predicted octanol–water partition coefficient (Wildman–Crippen LogP) is 3.48. The number of hydrogen-bond donors (Lipinski definition) is 3. The second-order valence-corrected chi connectivity index (χ2v) is 5.58. The van der Waals surface area contributed by atoms with Gasteiger partial charge in [0.15, 0.2) is 0 Å². The molecule has 0 heterocycles. The van der Waals surface area contributed by atoms with Gasteiger partial charge in [0.05, 0.1) is 5.56 Å². The van der Waals surface area contributed by atoms with E-state index in [0.717, 1.165) is 12.8 Å². The molecule has 1 aliphatic rings. The predicted molar refractivity (Wildman–Crippen MR) is 82.8 cm³/mol. The number of carboxylic acids is 1. The molecule has 1 amide bonds. The average molecular weight is 290 g/mol. The Balaban J connectivity index is 2.17. The van der Waals surface area contributed by atoms with Crippen LogP contribution in [0.25, 0.3) is 0 Å². The molecule has 0 spiro atoms. The Hall–Kier alpha value is -2.04. The van der Waals surface area contributed by atoms with Gasteiger partial charge in [0, 0.05) is 24.3 Å². The molecule has 5 heteroatoms. The first kappa shape index (κ1) is 15.4. The van der Waals surface area contributed by atoms with E-state index in [0.29, 0.717) is 17.4 Å². The fourth-order valence-corrected chi connectivity index (χ4v) is 2.77. The number of carboxylic acid groups (broad SMARTS) is 1. The molecule has 0 unspecified atom stereocenters. The van der Waals surface area contributed by atoms with E-state index in [1.807, 2.05) is 0 Å². The molecule has 1 aromatic rings.